The molecular weight excluding hydrogens is 457 g/mol. The molecule has 8 nitrogen and oxygen atoms in total. The van der Waals surface area contributed by atoms with Gasteiger partial charge in [0.2, 0.25) is 0 Å². The van der Waals surface area contributed by atoms with Crippen LogP contribution in [0.15, 0.2) is 65.0 Å². The number of nitrogens with zero attached hydrogens (tertiary/aromatic N) is 6. The van der Waals surface area contributed by atoms with E-state index < -0.39 is 0 Å². The predicted molar refractivity (Wildman–Crippen MR) is 112 cm³/mol. The Kier molecular flexibility index (Phi) is 6.12. The van der Waals surface area contributed by atoms with E-state index in [1.54, 1.807) is 33.4 Å². The zero-order chi connectivity index (χ0) is 19.2. The first-order valence-corrected chi connectivity index (χ1v) is 9.12. The Hall–Kier alpha value is -2.82. The summed E-state index contributed by atoms with van der Waals surface area (Å²) in [5.41, 5.74) is 3.79. The molecule has 0 radical (unpaired) electrons. The van der Waals surface area contributed by atoms with Crippen molar-refractivity contribution in [3.8, 4) is 0 Å². The van der Waals surface area contributed by atoms with E-state index in [0.29, 0.717) is 23.5 Å². The van der Waals surface area contributed by atoms with E-state index >= 15 is 0 Å². The van der Waals surface area contributed by atoms with Gasteiger partial charge in [-0.25, -0.2) is 0 Å². The Morgan fingerprint density at radius 1 is 1.07 bits per heavy atom. The van der Waals surface area contributed by atoms with E-state index in [9.17, 15) is 4.79 Å². The minimum absolute atomic E-state index is 0.180. The first-order valence-electron chi connectivity index (χ1n) is 8.16. The summed E-state index contributed by atoms with van der Waals surface area (Å²) >= 11 is 2.00. The van der Waals surface area contributed by atoms with E-state index in [1.807, 2.05) is 66.1 Å². The molecule has 0 atom stereocenters. The Labute approximate surface area is 170 Å². The topological polar surface area (TPSA) is 87.8 Å². The van der Waals surface area contributed by atoms with Crippen molar-refractivity contribution in [2.24, 2.45) is 10.2 Å². The van der Waals surface area contributed by atoms with Gasteiger partial charge in [0, 0.05) is 25.3 Å². The summed E-state index contributed by atoms with van der Waals surface area (Å²) < 4.78 is 1.56. The predicted octanol–water partition coefficient (Wildman–Crippen LogP) is 3.89. The molecule has 0 aliphatic heterocycles. The van der Waals surface area contributed by atoms with Gasteiger partial charge in [0.25, 0.3) is 5.91 Å². The second-order valence-corrected chi connectivity index (χ2v) is 6.93. The smallest absolute Gasteiger partial charge is 0.251 e. The first kappa shape index (κ1) is 19.0. The normalized spacial score (nSPS) is 10.9. The number of rotatable bonds is 6. The van der Waals surface area contributed by atoms with E-state index in [2.05, 4.69) is 25.9 Å². The third-order valence-corrected chi connectivity index (χ3v) is 4.19. The van der Waals surface area contributed by atoms with Crippen molar-refractivity contribution < 1.29 is 4.79 Å². The zero-order valence-corrected chi connectivity index (χ0v) is 17.0. The van der Waals surface area contributed by atoms with Crippen molar-refractivity contribution in [1.29, 1.82) is 0 Å². The lowest BCUT2D eigenvalue weighted by Crippen LogP contribution is -2.22. The van der Waals surface area contributed by atoms with Crippen molar-refractivity contribution in [1.82, 2.24) is 18.5 Å². The zero-order valence-electron chi connectivity index (χ0n) is 14.9. The van der Waals surface area contributed by atoms with Crippen molar-refractivity contribution in [2.45, 2.75) is 6.54 Å². The molecule has 27 heavy (non-hydrogen) atoms. The second kappa shape index (κ2) is 8.71. The molecule has 2 aromatic carbocycles. The molecule has 0 aliphatic carbocycles. The Morgan fingerprint density at radius 2 is 1.67 bits per heavy atom. The van der Waals surface area contributed by atoms with Gasteiger partial charge < -0.3 is 10.2 Å². The molecule has 0 fully saturated rings. The number of amides is 1. The Morgan fingerprint density at radius 3 is 2.19 bits per heavy atom. The number of hydrogen-bond donors (Lipinski definition) is 1. The monoisotopic (exact) mass is 475 g/mol. The molecule has 1 heterocycles. The summed E-state index contributed by atoms with van der Waals surface area (Å²) in [6, 6.07) is 14.7. The van der Waals surface area contributed by atoms with Crippen LogP contribution in [0.4, 0.5) is 17.1 Å². The number of carbonyl (C=O) groups excluding carboxylic acids is 1. The average molecular weight is 475 g/mol. The first-order chi connectivity index (χ1) is 13.0. The summed E-state index contributed by atoms with van der Waals surface area (Å²) in [6.07, 6.45) is 1.75. The third-order valence-electron chi connectivity index (χ3n) is 3.72. The van der Waals surface area contributed by atoms with Crippen LogP contribution in [0.2, 0.25) is 0 Å². The van der Waals surface area contributed by atoms with Crippen LogP contribution in [-0.4, -0.2) is 33.2 Å². The molecule has 1 N–H and O–H groups in total. The van der Waals surface area contributed by atoms with Gasteiger partial charge in [-0.2, -0.15) is 13.1 Å². The average Bonchev–Trinajstić information content (AvgIpc) is 3.10. The molecule has 3 rings (SSSR count). The molecule has 3 aromatic rings. The van der Waals surface area contributed by atoms with Gasteiger partial charge in [-0.3, -0.25) is 4.79 Å². The molecule has 0 aliphatic rings. The van der Waals surface area contributed by atoms with Crippen LogP contribution in [0.5, 0.6) is 0 Å². The molecule has 0 bridgehead atoms. The molecule has 1 amide bonds. The van der Waals surface area contributed by atoms with Crippen LogP contribution in [0.25, 0.3) is 0 Å². The van der Waals surface area contributed by atoms with E-state index in [0.717, 1.165) is 11.4 Å². The maximum absolute atomic E-state index is 12.2. The fraction of sp³-hybridized carbons (Fsp3) is 0.167. The van der Waals surface area contributed by atoms with E-state index in [4.69, 9.17) is 0 Å². The maximum Gasteiger partial charge on any atom is 0.251 e. The summed E-state index contributed by atoms with van der Waals surface area (Å²) in [5, 5.41) is 19.0. The van der Waals surface area contributed by atoms with Gasteiger partial charge >= 0.3 is 0 Å². The second-order valence-electron chi connectivity index (χ2n) is 5.94. The largest absolute Gasteiger partial charge is 0.378 e. The molecule has 1 aromatic heterocycles. The lowest BCUT2D eigenvalue weighted by atomic mass is 10.2. The van der Waals surface area contributed by atoms with Crippen LogP contribution in [0.3, 0.4) is 0 Å². The van der Waals surface area contributed by atoms with Gasteiger partial charge in [0.1, 0.15) is 5.69 Å². The van der Waals surface area contributed by atoms with Gasteiger partial charge in [0.15, 0.2) is 0 Å². The van der Waals surface area contributed by atoms with Crippen LogP contribution in [0, 0.1) is 0 Å². The number of halogens is 1. The molecule has 0 unspecified atom stereocenters. The minimum Gasteiger partial charge on any atom is -0.378 e. The number of benzene rings is 2. The molecule has 0 saturated heterocycles. The minimum atomic E-state index is -0.180. The fourth-order valence-corrected chi connectivity index (χ4v) is 2.66. The maximum atomic E-state index is 12.2. The van der Waals surface area contributed by atoms with Crippen molar-refractivity contribution >= 4 is 45.8 Å². The summed E-state index contributed by atoms with van der Waals surface area (Å²) in [7, 11) is 3.97. The van der Waals surface area contributed by atoms with Gasteiger partial charge in [-0.1, -0.05) is 5.21 Å². The van der Waals surface area contributed by atoms with E-state index in [-0.39, 0.29) is 5.91 Å². The fourth-order valence-electron chi connectivity index (χ4n) is 2.24. The number of azo groups is 1. The Bertz CT molecular complexity index is 933. The molecule has 0 spiro atoms. The molecule has 138 valence electrons. The van der Waals surface area contributed by atoms with Crippen LogP contribution in [0.1, 0.15) is 16.1 Å². The lowest BCUT2D eigenvalue weighted by Gasteiger charge is -2.11. The highest BCUT2D eigenvalue weighted by molar-refractivity contribution is 14.1. The van der Waals surface area contributed by atoms with Crippen LogP contribution < -0.4 is 10.2 Å². The highest BCUT2D eigenvalue weighted by atomic mass is 127. The number of hydrogen-bond acceptors (Lipinski definition) is 6. The number of anilines is 1. The van der Waals surface area contributed by atoms with Gasteiger partial charge in [0.05, 0.1) is 47.0 Å². The highest BCUT2D eigenvalue weighted by Crippen LogP contribution is 2.21. The van der Waals surface area contributed by atoms with Crippen LogP contribution in [-0.2, 0) is 6.54 Å². The van der Waals surface area contributed by atoms with Crippen molar-refractivity contribution in [3.05, 3.63) is 66.0 Å². The Balaban J connectivity index is 1.58. The summed E-state index contributed by atoms with van der Waals surface area (Å²) in [6.45, 7) is 0.326. The molecule has 0 saturated carbocycles. The number of aromatic nitrogens is 3. The van der Waals surface area contributed by atoms with Crippen molar-refractivity contribution in [2.75, 3.05) is 19.0 Å². The summed E-state index contributed by atoms with van der Waals surface area (Å²) in [5.74, 6) is -0.180. The molecular formula is C18H18IN7O. The summed E-state index contributed by atoms with van der Waals surface area (Å²) in [4.78, 5) is 14.2. The third kappa shape index (κ3) is 5.33. The number of nitrogens with one attached hydrogen (secondary N) is 1. The SMILES string of the molecule is CN(C)c1ccc(N=Nc2ccc(C(=O)NCc3cn(I)nn3)cc2)cc1. The highest BCUT2D eigenvalue weighted by Gasteiger charge is 2.07. The lowest BCUT2D eigenvalue weighted by molar-refractivity contribution is 0.0950. The van der Waals surface area contributed by atoms with Gasteiger partial charge in [-0.05, 0) is 48.5 Å². The standard InChI is InChI=1S/C18H18IN7O/c1-25(2)17-9-7-15(8-10-17)22-21-14-5-3-13(4-6-14)18(27)20-11-16-12-26(19)24-23-16/h3-10,12H,11H2,1-2H3,(H,20,27). The molecule has 9 heteroatoms. The van der Waals surface area contributed by atoms with Crippen molar-refractivity contribution in [3.63, 3.8) is 0 Å². The quantitative estimate of drug-likeness (QED) is 0.433. The number of carbonyl (C=O) groups is 1. The van der Waals surface area contributed by atoms with Gasteiger partial charge in [-0.15, -0.1) is 5.10 Å². The van der Waals surface area contributed by atoms with Crippen LogP contribution >= 0.6 is 22.9 Å². The van der Waals surface area contributed by atoms with E-state index in [1.165, 1.54) is 0 Å².